The van der Waals surface area contributed by atoms with Crippen molar-refractivity contribution in [1.29, 1.82) is 0 Å². The average Bonchev–Trinajstić information content (AvgIpc) is 2.70. The average molecular weight is 365 g/mol. The summed E-state index contributed by atoms with van der Waals surface area (Å²) >= 11 is 0. The zero-order chi connectivity index (χ0) is 19.2. The standard InChI is InChI=1S/C21H16FNO4/c1-26-20-10-7-15(12-17(20)22)19(24)13-27-21(25)11-9-16-8-6-14-4-2-3-5-18(14)23-16/h2-12H,13H2,1H3/b11-9+. The third-order valence-corrected chi connectivity index (χ3v) is 3.83. The smallest absolute Gasteiger partial charge is 0.331 e. The molecule has 0 N–H and O–H groups in total. The lowest BCUT2D eigenvalue weighted by atomic mass is 10.1. The molecular formula is C21H16FNO4. The first kappa shape index (κ1) is 18.3. The molecule has 0 spiro atoms. The van der Waals surface area contributed by atoms with E-state index < -0.39 is 24.2 Å². The maximum absolute atomic E-state index is 13.6. The van der Waals surface area contributed by atoms with Gasteiger partial charge in [-0.05, 0) is 36.4 Å². The number of esters is 1. The number of pyridine rings is 1. The van der Waals surface area contributed by atoms with Crippen LogP contribution in [0, 0.1) is 5.82 Å². The van der Waals surface area contributed by atoms with E-state index in [4.69, 9.17) is 9.47 Å². The number of hydrogen-bond acceptors (Lipinski definition) is 5. The van der Waals surface area contributed by atoms with Gasteiger partial charge in [-0.1, -0.05) is 24.3 Å². The Kier molecular flexibility index (Phi) is 5.56. The summed E-state index contributed by atoms with van der Waals surface area (Å²) in [5.41, 5.74) is 1.50. The van der Waals surface area contributed by atoms with E-state index in [1.54, 1.807) is 6.07 Å². The summed E-state index contributed by atoms with van der Waals surface area (Å²) in [6.07, 6.45) is 2.70. The van der Waals surface area contributed by atoms with Gasteiger partial charge in [0, 0.05) is 17.0 Å². The Morgan fingerprint density at radius 2 is 1.93 bits per heavy atom. The van der Waals surface area contributed by atoms with Crippen molar-refractivity contribution in [3.8, 4) is 5.75 Å². The lowest BCUT2D eigenvalue weighted by Gasteiger charge is -2.05. The van der Waals surface area contributed by atoms with Crippen LogP contribution in [0.1, 0.15) is 16.1 Å². The number of carbonyl (C=O) groups excluding carboxylic acids is 2. The molecule has 5 nitrogen and oxygen atoms in total. The minimum Gasteiger partial charge on any atom is -0.494 e. The van der Waals surface area contributed by atoms with Crippen LogP contribution >= 0.6 is 0 Å². The van der Waals surface area contributed by atoms with E-state index in [0.717, 1.165) is 17.0 Å². The predicted octanol–water partition coefficient (Wildman–Crippen LogP) is 3.82. The molecule has 0 bridgehead atoms. The Labute approximate surface area is 155 Å². The minimum atomic E-state index is -0.688. The molecule has 3 aromatic rings. The maximum Gasteiger partial charge on any atom is 0.331 e. The van der Waals surface area contributed by atoms with Crippen LogP contribution in [0.25, 0.3) is 17.0 Å². The van der Waals surface area contributed by atoms with Gasteiger partial charge in [-0.15, -0.1) is 0 Å². The van der Waals surface area contributed by atoms with Crippen LogP contribution in [-0.4, -0.2) is 30.5 Å². The minimum absolute atomic E-state index is 0.0364. The van der Waals surface area contributed by atoms with Crippen molar-refractivity contribution < 1.29 is 23.5 Å². The van der Waals surface area contributed by atoms with Crippen molar-refractivity contribution in [3.05, 3.63) is 77.7 Å². The molecule has 0 atom stereocenters. The third kappa shape index (κ3) is 4.55. The number of ketones is 1. The lowest BCUT2D eigenvalue weighted by Crippen LogP contribution is -2.12. The van der Waals surface area contributed by atoms with E-state index in [1.807, 2.05) is 30.3 Å². The van der Waals surface area contributed by atoms with Crippen LogP contribution in [-0.2, 0) is 9.53 Å². The van der Waals surface area contributed by atoms with Crippen LogP contribution in [0.5, 0.6) is 5.75 Å². The second-order valence-corrected chi connectivity index (χ2v) is 5.64. The molecule has 27 heavy (non-hydrogen) atoms. The van der Waals surface area contributed by atoms with Gasteiger partial charge in [0.05, 0.1) is 18.3 Å². The number of ether oxygens (including phenoxy) is 2. The molecule has 0 radical (unpaired) electrons. The molecule has 0 aliphatic rings. The van der Waals surface area contributed by atoms with Crippen LogP contribution in [0.15, 0.2) is 60.7 Å². The number of Topliss-reactive ketones (excluding diaryl/α,β-unsaturated/α-hetero) is 1. The van der Waals surface area contributed by atoms with Crippen LogP contribution < -0.4 is 4.74 Å². The number of benzene rings is 2. The van der Waals surface area contributed by atoms with Gasteiger partial charge in [-0.3, -0.25) is 4.79 Å². The van der Waals surface area contributed by atoms with Gasteiger partial charge in [0.1, 0.15) is 0 Å². The largest absolute Gasteiger partial charge is 0.494 e. The molecule has 1 aromatic heterocycles. The highest BCUT2D eigenvalue weighted by Crippen LogP contribution is 2.18. The van der Waals surface area contributed by atoms with Gasteiger partial charge < -0.3 is 9.47 Å². The van der Waals surface area contributed by atoms with Gasteiger partial charge in [-0.25, -0.2) is 14.2 Å². The molecule has 0 saturated carbocycles. The van der Waals surface area contributed by atoms with Crippen molar-refractivity contribution in [2.75, 3.05) is 13.7 Å². The molecule has 3 rings (SSSR count). The van der Waals surface area contributed by atoms with E-state index in [0.29, 0.717) is 5.69 Å². The number of aromatic nitrogens is 1. The number of fused-ring (bicyclic) bond motifs is 1. The molecule has 0 amide bonds. The number of nitrogens with zero attached hydrogens (tertiary/aromatic N) is 1. The quantitative estimate of drug-likeness (QED) is 0.377. The number of halogens is 1. The zero-order valence-corrected chi connectivity index (χ0v) is 14.5. The van der Waals surface area contributed by atoms with Gasteiger partial charge in [-0.2, -0.15) is 0 Å². The Bertz CT molecular complexity index is 1030. The van der Waals surface area contributed by atoms with Gasteiger partial charge >= 0.3 is 5.97 Å². The Morgan fingerprint density at radius 1 is 1.11 bits per heavy atom. The molecule has 136 valence electrons. The highest BCUT2D eigenvalue weighted by Gasteiger charge is 2.12. The first-order valence-electron chi connectivity index (χ1n) is 8.14. The second kappa shape index (κ2) is 8.23. The number of para-hydroxylation sites is 1. The number of hydrogen-bond donors (Lipinski definition) is 0. The number of methoxy groups -OCH3 is 1. The third-order valence-electron chi connectivity index (χ3n) is 3.83. The summed E-state index contributed by atoms with van der Waals surface area (Å²) in [7, 11) is 1.33. The van der Waals surface area contributed by atoms with Crippen molar-refractivity contribution >= 4 is 28.7 Å². The fraction of sp³-hybridized carbons (Fsp3) is 0.0952. The van der Waals surface area contributed by atoms with Crippen molar-refractivity contribution in [1.82, 2.24) is 4.98 Å². The summed E-state index contributed by atoms with van der Waals surface area (Å²) < 4.78 is 23.3. The van der Waals surface area contributed by atoms with Crippen LogP contribution in [0.2, 0.25) is 0 Å². The Hall–Kier alpha value is -3.54. The van der Waals surface area contributed by atoms with E-state index in [9.17, 15) is 14.0 Å². The summed E-state index contributed by atoms with van der Waals surface area (Å²) in [4.78, 5) is 28.2. The van der Waals surface area contributed by atoms with Crippen molar-refractivity contribution in [2.45, 2.75) is 0 Å². The zero-order valence-electron chi connectivity index (χ0n) is 14.5. The fourth-order valence-electron chi connectivity index (χ4n) is 2.44. The maximum atomic E-state index is 13.6. The SMILES string of the molecule is COc1ccc(C(=O)COC(=O)/C=C/c2ccc3ccccc3n2)cc1F. The van der Waals surface area contributed by atoms with Crippen LogP contribution in [0.3, 0.4) is 0 Å². The van der Waals surface area contributed by atoms with E-state index in [1.165, 1.54) is 31.4 Å². The number of carbonyl (C=O) groups is 2. The topological polar surface area (TPSA) is 65.5 Å². The molecule has 0 aliphatic carbocycles. The Morgan fingerprint density at radius 3 is 2.70 bits per heavy atom. The fourth-order valence-corrected chi connectivity index (χ4v) is 2.44. The predicted molar refractivity (Wildman–Crippen MR) is 99.0 cm³/mol. The molecule has 0 fully saturated rings. The van der Waals surface area contributed by atoms with Gasteiger partial charge in [0.2, 0.25) is 0 Å². The summed E-state index contributed by atoms with van der Waals surface area (Å²) in [6, 6.07) is 15.1. The molecule has 0 unspecified atom stereocenters. The molecule has 6 heteroatoms. The number of rotatable bonds is 6. The molecule has 1 heterocycles. The van der Waals surface area contributed by atoms with Crippen molar-refractivity contribution in [2.24, 2.45) is 0 Å². The lowest BCUT2D eigenvalue weighted by molar-refractivity contribution is -0.136. The van der Waals surface area contributed by atoms with Crippen molar-refractivity contribution in [3.63, 3.8) is 0 Å². The van der Waals surface area contributed by atoms with E-state index >= 15 is 0 Å². The second-order valence-electron chi connectivity index (χ2n) is 5.64. The molecule has 2 aromatic carbocycles. The van der Waals surface area contributed by atoms with E-state index in [2.05, 4.69) is 4.98 Å². The summed E-state index contributed by atoms with van der Waals surface area (Å²) in [5.74, 6) is -1.82. The molecule has 0 aliphatic heterocycles. The first-order chi connectivity index (χ1) is 13.1. The summed E-state index contributed by atoms with van der Waals surface area (Å²) in [6.45, 7) is -0.486. The highest BCUT2D eigenvalue weighted by atomic mass is 19.1. The molecule has 0 saturated heterocycles. The summed E-state index contributed by atoms with van der Waals surface area (Å²) in [5, 5.41) is 0.995. The Balaban J connectivity index is 1.59. The van der Waals surface area contributed by atoms with E-state index in [-0.39, 0.29) is 11.3 Å². The van der Waals surface area contributed by atoms with Crippen LogP contribution in [0.4, 0.5) is 4.39 Å². The van der Waals surface area contributed by atoms with Gasteiger partial charge in [0.15, 0.2) is 24.0 Å². The first-order valence-corrected chi connectivity index (χ1v) is 8.14. The van der Waals surface area contributed by atoms with Gasteiger partial charge in [0.25, 0.3) is 0 Å². The normalized spacial score (nSPS) is 10.9. The monoisotopic (exact) mass is 365 g/mol. The highest BCUT2D eigenvalue weighted by molar-refractivity contribution is 5.99. The molecular weight excluding hydrogens is 349 g/mol.